The molecule has 0 unspecified atom stereocenters. The van der Waals surface area contributed by atoms with Gasteiger partial charge in [-0.1, -0.05) is 35.9 Å². The standard InChI is InChI=1S/C18H19ClN2O2/c1-23-17-7-6-15(10-16(17)19)20-11-18(22)21-9-8-13-4-2-3-5-14(13)12-21/h2-7,10,20H,8-9,11-12H2,1H3. The first-order valence-corrected chi connectivity index (χ1v) is 7.97. The van der Waals surface area contributed by atoms with E-state index in [-0.39, 0.29) is 12.5 Å². The van der Waals surface area contributed by atoms with Crippen LogP contribution in [-0.4, -0.2) is 31.0 Å². The molecule has 1 heterocycles. The Morgan fingerprint density at radius 2 is 2.04 bits per heavy atom. The number of carbonyl (C=O) groups is 1. The smallest absolute Gasteiger partial charge is 0.242 e. The van der Waals surface area contributed by atoms with Crippen LogP contribution >= 0.6 is 11.6 Å². The molecule has 0 fully saturated rings. The maximum atomic E-state index is 12.4. The summed E-state index contributed by atoms with van der Waals surface area (Å²) in [7, 11) is 1.58. The SMILES string of the molecule is COc1ccc(NCC(=O)N2CCc3ccccc3C2)cc1Cl. The number of benzene rings is 2. The van der Waals surface area contributed by atoms with E-state index in [0.717, 1.165) is 18.7 Å². The van der Waals surface area contributed by atoms with Crippen LogP contribution in [0.1, 0.15) is 11.1 Å². The average Bonchev–Trinajstić information content (AvgIpc) is 2.59. The molecule has 5 heteroatoms. The van der Waals surface area contributed by atoms with Crippen molar-refractivity contribution in [3.63, 3.8) is 0 Å². The summed E-state index contributed by atoms with van der Waals surface area (Å²) in [6.45, 7) is 1.70. The number of rotatable bonds is 4. The van der Waals surface area contributed by atoms with Gasteiger partial charge in [0.1, 0.15) is 5.75 Å². The van der Waals surface area contributed by atoms with Gasteiger partial charge in [0.2, 0.25) is 5.91 Å². The molecular weight excluding hydrogens is 312 g/mol. The van der Waals surface area contributed by atoms with Crippen LogP contribution in [0.5, 0.6) is 5.75 Å². The number of halogens is 1. The van der Waals surface area contributed by atoms with Gasteiger partial charge in [-0.25, -0.2) is 0 Å². The largest absolute Gasteiger partial charge is 0.495 e. The van der Waals surface area contributed by atoms with Gasteiger partial charge in [0.05, 0.1) is 18.7 Å². The number of amides is 1. The van der Waals surface area contributed by atoms with Crippen molar-refractivity contribution in [2.75, 3.05) is 25.5 Å². The molecular formula is C18H19ClN2O2. The van der Waals surface area contributed by atoms with Crippen LogP contribution in [0.4, 0.5) is 5.69 Å². The lowest BCUT2D eigenvalue weighted by Crippen LogP contribution is -2.39. The third-order valence-electron chi connectivity index (χ3n) is 4.08. The quantitative estimate of drug-likeness (QED) is 0.934. The lowest BCUT2D eigenvalue weighted by molar-refractivity contribution is -0.130. The Kier molecular flexibility index (Phi) is 4.72. The van der Waals surface area contributed by atoms with E-state index in [9.17, 15) is 4.79 Å². The van der Waals surface area contributed by atoms with Crippen molar-refractivity contribution in [2.24, 2.45) is 0 Å². The summed E-state index contributed by atoms with van der Waals surface area (Å²) in [6, 6.07) is 13.7. The number of anilines is 1. The van der Waals surface area contributed by atoms with Crippen molar-refractivity contribution in [1.29, 1.82) is 0 Å². The Hall–Kier alpha value is -2.20. The van der Waals surface area contributed by atoms with Gasteiger partial charge in [-0.3, -0.25) is 4.79 Å². The fraction of sp³-hybridized carbons (Fsp3) is 0.278. The molecule has 120 valence electrons. The van der Waals surface area contributed by atoms with Crippen molar-refractivity contribution in [1.82, 2.24) is 4.90 Å². The van der Waals surface area contributed by atoms with Gasteiger partial charge >= 0.3 is 0 Å². The van der Waals surface area contributed by atoms with Crippen molar-refractivity contribution in [2.45, 2.75) is 13.0 Å². The summed E-state index contributed by atoms with van der Waals surface area (Å²) >= 11 is 6.09. The Morgan fingerprint density at radius 1 is 1.26 bits per heavy atom. The number of ether oxygens (including phenoxy) is 1. The molecule has 0 bridgehead atoms. The van der Waals surface area contributed by atoms with E-state index >= 15 is 0 Å². The third kappa shape index (κ3) is 3.59. The van der Waals surface area contributed by atoms with Crippen LogP contribution in [0, 0.1) is 0 Å². The molecule has 2 aromatic rings. The number of methoxy groups -OCH3 is 1. The summed E-state index contributed by atoms with van der Waals surface area (Å²) in [4.78, 5) is 14.3. The zero-order valence-electron chi connectivity index (χ0n) is 13.0. The first-order valence-electron chi connectivity index (χ1n) is 7.59. The normalized spacial score (nSPS) is 13.4. The molecule has 1 N–H and O–H groups in total. The van der Waals surface area contributed by atoms with Gasteiger partial charge in [0.15, 0.2) is 0 Å². The number of hydrogen-bond donors (Lipinski definition) is 1. The fourth-order valence-electron chi connectivity index (χ4n) is 2.77. The topological polar surface area (TPSA) is 41.6 Å². The van der Waals surface area contributed by atoms with Crippen LogP contribution in [-0.2, 0) is 17.8 Å². The van der Waals surface area contributed by atoms with Crippen molar-refractivity contribution in [3.05, 3.63) is 58.6 Å². The van der Waals surface area contributed by atoms with Crippen molar-refractivity contribution < 1.29 is 9.53 Å². The fourth-order valence-corrected chi connectivity index (χ4v) is 3.03. The summed E-state index contributed by atoms with van der Waals surface area (Å²) in [5.74, 6) is 0.711. The first kappa shape index (κ1) is 15.7. The number of nitrogens with one attached hydrogen (secondary N) is 1. The highest BCUT2D eigenvalue weighted by Gasteiger charge is 2.19. The first-order chi connectivity index (χ1) is 11.2. The van der Waals surface area contributed by atoms with Gasteiger partial charge in [-0.2, -0.15) is 0 Å². The molecule has 0 atom stereocenters. The molecule has 0 saturated carbocycles. The van der Waals surface area contributed by atoms with Gasteiger partial charge in [-0.05, 0) is 35.7 Å². The second kappa shape index (κ2) is 6.92. The lowest BCUT2D eigenvalue weighted by atomic mass is 10.00. The van der Waals surface area contributed by atoms with Gasteiger partial charge < -0.3 is 15.0 Å². The minimum atomic E-state index is 0.0893. The van der Waals surface area contributed by atoms with E-state index in [1.165, 1.54) is 11.1 Å². The van der Waals surface area contributed by atoms with Crippen LogP contribution in [0.2, 0.25) is 5.02 Å². The zero-order valence-corrected chi connectivity index (χ0v) is 13.8. The number of fused-ring (bicyclic) bond motifs is 1. The molecule has 1 aliphatic rings. The van der Waals surface area contributed by atoms with Crippen LogP contribution in [0.15, 0.2) is 42.5 Å². The Bertz CT molecular complexity index is 718. The highest BCUT2D eigenvalue weighted by molar-refractivity contribution is 6.32. The summed E-state index contributed by atoms with van der Waals surface area (Å²) in [5.41, 5.74) is 3.38. The second-order valence-electron chi connectivity index (χ2n) is 5.54. The maximum absolute atomic E-state index is 12.4. The molecule has 1 aliphatic heterocycles. The summed E-state index contributed by atoms with van der Waals surface area (Å²) < 4.78 is 5.12. The molecule has 0 aromatic heterocycles. The minimum absolute atomic E-state index is 0.0893. The number of hydrogen-bond acceptors (Lipinski definition) is 3. The minimum Gasteiger partial charge on any atom is -0.495 e. The molecule has 23 heavy (non-hydrogen) atoms. The van der Waals surface area contributed by atoms with Gasteiger partial charge in [0, 0.05) is 18.8 Å². The van der Waals surface area contributed by atoms with Crippen LogP contribution in [0.3, 0.4) is 0 Å². The predicted octanol–water partition coefficient (Wildman–Crippen LogP) is 3.35. The zero-order chi connectivity index (χ0) is 16.2. The Labute approximate surface area is 141 Å². The molecule has 3 rings (SSSR count). The summed E-state index contributed by atoms with van der Waals surface area (Å²) in [5, 5.41) is 3.65. The van der Waals surface area contributed by atoms with E-state index in [1.54, 1.807) is 19.2 Å². The second-order valence-corrected chi connectivity index (χ2v) is 5.94. The maximum Gasteiger partial charge on any atom is 0.242 e. The van der Waals surface area contributed by atoms with E-state index in [4.69, 9.17) is 16.3 Å². The van der Waals surface area contributed by atoms with E-state index < -0.39 is 0 Å². The highest BCUT2D eigenvalue weighted by Crippen LogP contribution is 2.27. The van der Waals surface area contributed by atoms with E-state index in [2.05, 4.69) is 17.4 Å². The molecule has 0 aliphatic carbocycles. The van der Waals surface area contributed by atoms with E-state index in [1.807, 2.05) is 23.1 Å². The van der Waals surface area contributed by atoms with Gasteiger partial charge in [0.25, 0.3) is 0 Å². The third-order valence-corrected chi connectivity index (χ3v) is 4.37. The molecule has 2 aromatic carbocycles. The van der Waals surface area contributed by atoms with Crippen LogP contribution < -0.4 is 10.1 Å². The predicted molar refractivity (Wildman–Crippen MR) is 92.1 cm³/mol. The lowest BCUT2D eigenvalue weighted by Gasteiger charge is -2.29. The molecule has 0 radical (unpaired) electrons. The summed E-state index contributed by atoms with van der Waals surface area (Å²) in [6.07, 6.45) is 0.913. The Balaban J connectivity index is 1.59. The van der Waals surface area contributed by atoms with E-state index in [0.29, 0.717) is 17.3 Å². The number of nitrogens with zero attached hydrogens (tertiary/aromatic N) is 1. The van der Waals surface area contributed by atoms with Crippen molar-refractivity contribution >= 4 is 23.2 Å². The molecule has 1 amide bonds. The van der Waals surface area contributed by atoms with Gasteiger partial charge in [-0.15, -0.1) is 0 Å². The molecule has 4 nitrogen and oxygen atoms in total. The van der Waals surface area contributed by atoms with Crippen molar-refractivity contribution in [3.8, 4) is 5.75 Å². The average molecular weight is 331 g/mol. The number of carbonyl (C=O) groups excluding carboxylic acids is 1. The highest BCUT2D eigenvalue weighted by atomic mass is 35.5. The molecule has 0 saturated heterocycles. The molecule has 0 spiro atoms. The monoisotopic (exact) mass is 330 g/mol. The van der Waals surface area contributed by atoms with Crippen LogP contribution in [0.25, 0.3) is 0 Å². The Morgan fingerprint density at radius 3 is 2.78 bits per heavy atom.